The van der Waals surface area contributed by atoms with E-state index in [1.165, 1.54) is 36.5 Å². The van der Waals surface area contributed by atoms with Gasteiger partial charge < -0.3 is 4.42 Å². The highest BCUT2D eigenvalue weighted by Crippen LogP contribution is 2.41. The van der Waals surface area contributed by atoms with Crippen LogP contribution in [-0.4, -0.2) is 14.5 Å². The number of para-hydroxylation sites is 2. The van der Waals surface area contributed by atoms with E-state index in [1.54, 1.807) is 0 Å². The lowest BCUT2D eigenvalue weighted by molar-refractivity contribution is 0.666. The number of furan rings is 1. The fourth-order valence-electron chi connectivity index (χ4n) is 6.73. The first-order valence-electron chi connectivity index (χ1n) is 15.0. The molecule has 0 atom stereocenters. The predicted octanol–water partition coefficient (Wildman–Crippen LogP) is 11.2. The van der Waals surface area contributed by atoms with Crippen molar-refractivity contribution in [2.24, 2.45) is 0 Å². The molecule has 0 aliphatic rings. The molecule has 10 aromatic rings. The van der Waals surface area contributed by atoms with Crippen LogP contribution in [0, 0.1) is 0 Å². The number of hydrogen-bond acceptors (Lipinski definition) is 4. The van der Waals surface area contributed by atoms with Crippen molar-refractivity contribution < 1.29 is 4.42 Å². The molecule has 4 aromatic heterocycles. The molecule has 0 fully saturated rings. The summed E-state index contributed by atoms with van der Waals surface area (Å²) < 4.78 is 11.3. The van der Waals surface area contributed by atoms with E-state index in [0.29, 0.717) is 11.5 Å². The first kappa shape index (κ1) is 24.6. The lowest BCUT2D eigenvalue weighted by Gasteiger charge is -2.10. The first-order valence-corrected chi connectivity index (χ1v) is 15.8. The second-order valence-electron chi connectivity index (χ2n) is 11.4. The van der Waals surface area contributed by atoms with Crippen LogP contribution >= 0.6 is 11.3 Å². The molecule has 0 saturated carbocycles. The van der Waals surface area contributed by atoms with E-state index in [4.69, 9.17) is 14.4 Å². The standard InChI is InChI=1S/C40H23N3OS/c1-2-10-24(11-3-1)25-18-20-26(21-19-25)37-39-38(29-14-5-8-16-34(29)44-39)42-40(41-37)43-32-15-7-4-12-27(32)30-23-36-31(22-33(30)43)28-13-6-9-17-35(28)45-36/h1-23H. The van der Waals surface area contributed by atoms with E-state index < -0.39 is 0 Å². The van der Waals surface area contributed by atoms with Crippen LogP contribution in [0.25, 0.3) is 92.4 Å². The van der Waals surface area contributed by atoms with Gasteiger partial charge in [0.1, 0.15) is 16.8 Å². The van der Waals surface area contributed by atoms with Gasteiger partial charge in [-0.25, -0.2) is 9.97 Å². The van der Waals surface area contributed by atoms with Crippen molar-refractivity contribution in [3.05, 3.63) is 140 Å². The fourth-order valence-corrected chi connectivity index (χ4v) is 7.86. The predicted molar refractivity (Wildman–Crippen MR) is 187 cm³/mol. The fraction of sp³-hybridized carbons (Fsp3) is 0. The van der Waals surface area contributed by atoms with E-state index >= 15 is 0 Å². The number of benzene rings is 6. The van der Waals surface area contributed by atoms with Crippen molar-refractivity contribution >= 4 is 75.4 Å². The van der Waals surface area contributed by atoms with Crippen molar-refractivity contribution in [2.75, 3.05) is 0 Å². The molecule has 0 N–H and O–H groups in total. The van der Waals surface area contributed by atoms with Gasteiger partial charge >= 0.3 is 0 Å². The number of aromatic nitrogens is 3. The summed E-state index contributed by atoms with van der Waals surface area (Å²) in [6.07, 6.45) is 0. The van der Waals surface area contributed by atoms with Gasteiger partial charge in [0.15, 0.2) is 5.58 Å². The SMILES string of the molecule is c1ccc(-c2ccc(-c3nc(-n4c5ccccc5c5cc6sc7ccccc7c6cc54)nc4c3oc3ccccc34)cc2)cc1. The quantitative estimate of drug-likeness (QED) is 0.205. The van der Waals surface area contributed by atoms with E-state index in [0.717, 1.165) is 44.3 Å². The van der Waals surface area contributed by atoms with Gasteiger partial charge in [-0.15, -0.1) is 11.3 Å². The van der Waals surface area contributed by atoms with Crippen LogP contribution in [0.4, 0.5) is 0 Å². The number of rotatable bonds is 3. The molecule has 0 aliphatic heterocycles. The van der Waals surface area contributed by atoms with E-state index in [-0.39, 0.29) is 0 Å². The van der Waals surface area contributed by atoms with Crippen LogP contribution < -0.4 is 0 Å². The van der Waals surface area contributed by atoms with Crippen LogP contribution in [0.5, 0.6) is 0 Å². The third kappa shape index (κ3) is 3.65. The Bertz CT molecular complexity index is 2750. The highest BCUT2D eigenvalue weighted by molar-refractivity contribution is 7.25. The summed E-state index contributed by atoms with van der Waals surface area (Å²) in [6.45, 7) is 0. The van der Waals surface area contributed by atoms with Crippen LogP contribution in [0.1, 0.15) is 0 Å². The molecular weight excluding hydrogens is 571 g/mol. The summed E-state index contributed by atoms with van der Waals surface area (Å²) in [5.74, 6) is 0.626. The van der Waals surface area contributed by atoms with Gasteiger partial charge in [-0.1, -0.05) is 103 Å². The highest BCUT2D eigenvalue weighted by Gasteiger charge is 2.22. The molecule has 0 aliphatic carbocycles. The average molecular weight is 594 g/mol. The molecule has 0 unspecified atom stereocenters. The Morgan fingerprint density at radius 2 is 1.18 bits per heavy atom. The topological polar surface area (TPSA) is 43.9 Å². The Kier molecular flexibility index (Phi) is 5.12. The minimum Gasteiger partial charge on any atom is -0.452 e. The maximum absolute atomic E-state index is 6.46. The minimum atomic E-state index is 0.626. The number of thiophene rings is 1. The molecule has 4 nitrogen and oxygen atoms in total. The van der Waals surface area contributed by atoms with Gasteiger partial charge in [-0.3, -0.25) is 4.57 Å². The van der Waals surface area contributed by atoms with Gasteiger partial charge in [0.2, 0.25) is 5.95 Å². The van der Waals surface area contributed by atoms with Crippen LogP contribution in [0.15, 0.2) is 144 Å². The zero-order chi connectivity index (χ0) is 29.5. The maximum atomic E-state index is 6.46. The van der Waals surface area contributed by atoms with Crippen LogP contribution in [-0.2, 0) is 0 Å². The Morgan fingerprint density at radius 3 is 2.04 bits per heavy atom. The van der Waals surface area contributed by atoms with Crippen molar-refractivity contribution in [3.63, 3.8) is 0 Å². The summed E-state index contributed by atoms with van der Waals surface area (Å²) in [7, 11) is 0. The van der Waals surface area contributed by atoms with Crippen molar-refractivity contribution in [1.29, 1.82) is 0 Å². The molecule has 0 saturated heterocycles. The van der Waals surface area contributed by atoms with E-state index in [2.05, 4.69) is 120 Å². The number of hydrogen-bond donors (Lipinski definition) is 0. The summed E-state index contributed by atoms with van der Waals surface area (Å²) in [5.41, 5.74) is 8.56. The molecule has 0 bridgehead atoms. The third-order valence-corrected chi connectivity index (χ3v) is 9.98. The van der Waals surface area contributed by atoms with Crippen molar-refractivity contribution in [3.8, 4) is 28.3 Å². The van der Waals surface area contributed by atoms with Gasteiger partial charge in [-0.2, -0.15) is 0 Å². The average Bonchev–Trinajstić information content (AvgIpc) is 3.76. The second-order valence-corrected chi connectivity index (χ2v) is 12.5. The number of fused-ring (bicyclic) bond motifs is 9. The number of nitrogens with zero attached hydrogens (tertiary/aromatic N) is 3. The largest absolute Gasteiger partial charge is 0.452 e. The van der Waals surface area contributed by atoms with Crippen molar-refractivity contribution in [1.82, 2.24) is 14.5 Å². The third-order valence-electron chi connectivity index (χ3n) is 8.84. The Balaban J connectivity index is 1.29. The molecule has 210 valence electrons. The Labute approximate surface area is 261 Å². The van der Waals surface area contributed by atoms with E-state index in [9.17, 15) is 0 Å². The van der Waals surface area contributed by atoms with Gasteiger partial charge in [0.25, 0.3) is 0 Å². The van der Waals surface area contributed by atoms with Gasteiger partial charge in [-0.05, 0) is 47.5 Å². The van der Waals surface area contributed by atoms with Crippen molar-refractivity contribution in [2.45, 2.75) is 0 Å². The first-order chi connectivity index (χ1) is 22.3. The summed E-state index contributed by atoms with van der Waals surface area (Å²) >= 11 is 1.84. The summed E-state index contributed by atoms with van der Waals surface area (Å²) in [5, 5.41) is 5.87. The van der Waals surface area contributed by atoms with Gasteiger partial charge in [0, 0.05) is 41.9 Å². The summed E-state index contributed by atoms with van der Waals surface area (Å²) in [4.78, 5) is 10.6. The Morgan fingerprint density at radius 1 is 0.489 bits per heavy atom. The normalized spacial score (nSPS) is 12.0. The molecule has 45 heavy (non-hydrogen) atoms. The monoisotopic (exact) mass is 593 g/mol. The molecule has 0 amide bonds. The summed E-state index contributed by atoms with van der Waals surface area (Å²) in [6, 6.07) is 49.0. The molecular formula is C40H23N3OS. The Hall–Kier alpha value is -5.78. The van der Waals surface area contributed by atoms with E-state index in [1.807, 2.05) is 35.6 Å². The second kappa shape index (κ2) is 9.36. The maximum Gasteiger partial charge on any atom is 0.236 e. The molecule has 6 aromatic carbocycles. The minimum absolute atomic E-state index is 0.626. The van der Waals surface area contributed by atoms with Gasteiger partial charge in [0.05, 0.1) is 11.0 Å². The molecule has 4 heterocycles. The lowest BCUT2D eigenvalue weighted by Crippen LogP contribution is -2.02. The van der Waals surface area contributed by atoms with Crippen LogP contribution in [0.3, 0.4) is 0 Å². The highest BCUT2D eigenvalue weighted by atomic mass is 32.1. The smallest absolute Gasteiger partial charge is 0.236 e. The molecule has 5 heteroatoms. The molecule has 0 spiro atoms. The van der Waals surface area contributed by atoms with Crippen LogP contribution in [0.2, 0.25) is 0 Å². The molecule has 0 radical (unpaired) electrons. The zero-order valence-electron chi connectivity index (χ0n) is 23.9. The zero-order valence-corrected chi connectivity index (χ0v) is 24.8. The lowest BCUT2D eigenvalue weighted by atomic mass is 10.0. The molecule has 10 rings (SSSR count).